The lowest BCUT2D eigenvalue weighted by atomic mass is 10.0. The second-order valence-corrected chi connectivity index (χ2v) is 3.50. The molecule has 0 aliphatic carbocycles. The molecule has 2 nitrogen and oxygen atoms in total. The minimum absolute atomic E-state index is 0.284. The van der Waals surface area contributed by atoms with Gasteiger partial charge in [0.1, 0.15) is 5.76 Å². The summed E-state index contributed by atoms with van der Waals surface area (Å²) < 4.78 is 0. The van der Waals surface area contributed by atoms with Gasteiger partial charge in [0, 0.05) is 7.05 Å². The summed E-state index contributed by atoms with van der Waals surface area (Å²) in [5.74, 6) is 1.06. The topological polar surface area (TPSA) is 12.5 Å². The molecule has 0 saturated carbocycles. The molecule has 0 fully saturated rings. The zero-order chi connectivity index (χ0) is 9.84. The number of unbranched alkanes of at least 4 members (excludes halogenated alkanes) is 1. The van der Waals surface area contributed by atoms with E-state index < -0.39 is 0 Å². The van der Waals surface area contributed by atoms with Crippen LogP contribution >= 0.6 is 0 Å². The van der Waals surface area contributed by atoms with Crippen LogP contribution in [-0.2, 0) is 4.84 Å². The summed E-state index contributed by atoms with van der Waals surface area (Å²) in [6.07, 6.45) is 5.53. The van der Waals surface area contributed by atoms with E-state index in [0.717, 1.165) is 12.2 Å². The number of rotatable bonds is 4. The summed E-state index contributed by atoms with van der Waals surface area (Å²) in [6, 6.07) is 0.284. The van der Waals surface area contributed by atoms with E-state index in [1.54, 1.807) is 0 Å². The van der Waals surface area contributed by atoms with Gasteiger partial charge in [0.05, 0.1) is 6.04 Å². The van der Waals surface area contributed by atoms with Crippen molar-refractivity contribution in [2.75, 3.05) is 7.05 Å². The number of hydroxylamine groups is 2. The van der Waals surface area contributed by atoms with Crippen molar-refractivity contribution in [2.45, 2.75) is 39.2 Å². The van der Waals surface area contributed by atoms with E-state index in [0.29, 0.717) is 0 Å². The molecule has 13 heavy (non-hydrogen) atoms. The molecule has 0 aromatic heterocycles. The highest BCUT2D eigenvalue weighted by Gasteiger charge is 2.26. The van der Waals surface area contributed by atoms with Gasteiger partial charge in [-0.1, -0.05) is 19.4 Å². The van der Waals surface area contributed by atoms with Crippen molar-refractivity contribution in [1.82, 2.24) is 5.06 Å². The van der Waals surface area contributed by atoms with E-state index >= 15 is 0 Å². The summed E-state index contributed by atoms with van der Waals surface area (Å²) in [5, 5.41) is 1.87. The molecule has 0 spiro atoms. The van der Waals surface area contributed by atoms with Crippen LogP contribution in [0.5, 0.6) is 0 Å². The average molecular weight is 181 g/mol. The maximum atomic E-state index is 5.52. The molecule has 1 rings (SSSR count). The minimum Gasteiger partial charge on any atom is -0.410 e. The van der Waals surface area contributed by atoms with E-state index in [4.69, 9.17) is 4.84 Å². The maximum Gasteiger partial charge on any atom is 0.122 e. The van der Waals surface area contributed by atoms with Crippen molar-refractivity contribution >= 4 is 0 Å². The van der Waals surface area contributed by atoms with Crippen LogP contribution in [0.4, 0.5) is 0 Å². The lowest BCUT2D eigenvalue weighted by molar-refractivity contribution is -0.0829. The second kappa shape index (κ2) is 4.47. The molecule has 1 atom stereocenters. The Morgan fingerprint density at radius 3 is 2.85 bits per heavy atom. The Morgan fingerprint density at radius 1 is 1.62 bits per heavy atom. The van der Waals surface area contributed by atoms with Gasteiger partial charge in [0.25, 0.3) is 0 Å². The molecule has 0 amide bonds. The smallest absolute Gasteiger partial charge is 0.122 e. The molecule has 0 bridgehead atoms. The molecule has 0 N–H and O–H groups in total. The van der Waals surface area contributed by atoms with Crippen molar-refractivity contribution < 1.29 is 4.84 Å². The number of nitrogens with zero attached hydrogens (tertiary/aromatic N) is 1. The summed E-state index contributed by atoms with van der Waals surface area (Å²) in [7, 11) is 1.95. The first-order chi connectivity index (χ1) is 6.20. The van der Waals surface area contributed by atoms with Gasteiger partial charge >= 0.3 is 0 Å². The predicted molar refractivity (Wildman–Crippen MR) is 55.1 cm³/mol. The van der Waals surface area contributed by atoms with Crippen LogP contribution in [0.15, 0.2) is 24.0 Å². The van der Waals surface area contributed by atoms with Gasteiger partial charge in [-0.05, 0) is 25.3 Å². The number of hydrogen-bond donors (Lipinski definition) is 0. The quantitative estimate of drug-likeness (QED) is 0.618. The molecule has 0 radical (unpaired) electrons. The van der Waals surface area contributed by atoms with Gasteiger partial charge < -0.3 is 4.84 Å². The highest BCUT2D eigenvalue weighted by molar-refractivity contribution is 5.22. The molecule has 1 aliphatic heterocycles. The second-order valence-electron chi connectivity index (χ2n) is 3.50. The number of allylic oxidation sites excluding steroid dienone is 1. The van der Waals surface area contributed by atoms with Crippen molar-refractivity contribution in [2.24, 2.45) is 0 Å². The van der Waals surface area contributed by atoms with Crippen LogP contribution in [-0.4, -0.2) is 18.2 Å². The monoisotopic (exact) mass is 181 g/mol. The third-order valence-electron chi connectivity index (χ3n) is 2.50. The summed E-state index contributed by atoms with van der Waals surface area (Å²) in [6.45, 7) is 8.07. The number of likely N-dealkylation sites (N-methyl/N-ethyl adjacent to an activating group) is 1. The fraction of sp³-hybridized carbons (Fsp3) is 0.636. The lowest BCUT2D eigenvalue weighted by Crippen LogP contribution is -2.24. The molecular weight excluding hydrogens is 162 g/mol. The Hall–Kier alpha value is -0.760. The van der Waals surface area contributed by atoms with Crippen LogP contribution < -0.4 is 0 Å². The van der Waals surface area contributed by atoms with Gasteiger partial charge in [-0.3, -0.25) is 0 Å². The third-order valence-corrected chi connectivity index (χ3v) is 2.50. The Labute approximate surface area is 80.8 Å². The van der Waals surface area contributed by atoms with Gasteiger partial charge in [0.15, 0.2) is 0 Å². The standard InChI is InChI=1S/C11H19NO/c1-5-7-8-10-9(3)13-12(4)11(10)6-2/h6,11H,2,5,7-8H2,1,3-4H3. The maximum absolute atomic E-state index is 5.52. The zero-order valence-electron chi connectivity index (χ0n) is 8.84. The normalized spacial score (nSPS) is 23.5. The minimum atomic E-state index is 0.284. The molecule has 1 aliphatic rings. The Balaban J connectivity index is 2.66. The molecule has 74 valence electrons. The van der Waals surface area contributed by atoms with Crippen LogP contribution in [0.25, 0.3) is 0 Å². The zero-order valence-corrected chi connectivity index (χ0v) is 8.84. The first kappa shape index (κ1) is 10.3. The highest BCUT2D eigenvalue weighted by Crippen LogP contribution is 2.28. The molecule has 0 aromatic rings. The fourth-order valence-corrected chi connectivity index (χ4v) is 1.74. The Bertz CT molecular complexity index is 220. The molecule has 1 heterocycles. The van der Waals surface area contributed by atoms with E-state index in [-0.39, 0.29) is 6.04 Å². The van der Waals surface area contributed by atoms with E-state index in [9.17, 15) is 0 Å². The van der Waals surface area contributed by atoms with Crippen LogP contribution in [0.1, 0.15) is 33.1 Å². The molecule has 2 heteroatoms. The van der Waals surface area contributed by atoms with Crippen molar-refractivity contribution in [3.63, 3.8) is 0 Å². The highest BCUT2D eigenvalue weighted by atomic mass is 16.7. The summed E-state index contributed by atoms with van der Waals surface area (Å²) in [4.78, 5) is 5.52. The van der Waals surface area contributed by atoms with Crippen LogP contribution in [0.2, 0.25) is 0 Å². The third kappa shape index (κ3) is 2.13. The first-order valence-corrected chi connectivity index (χ1v) is 4.93. The Kier molecular flexibility index (Phi) is 3.55. The molecular formula is C11H19NO. The van der Waals surface area contributed by atoms with Gasteiger partial charge in [0.2, 0.25) is 0 Å². The van der Waals surface area contributed by atoms with Crippen molar-refractivity contribution in [3.8, 4) is 0 Å². The van der Waals surface area contributed by atoms with Crippen LogP contribution in [0.3, 0.4) is 0 Å². The van der Waals surface area contributed by atoms with Gasteiger partial charge in [-0.15, -0.1) is 11.6 Å². The van der Waals surface area contributed by atoms with Gasteiger partial charge in [-0.25, -0.2) is 0 Å². The van der Waals surface area contributed by atoms with Gasteiger partial charge in [-0.2, -0.15) is 0 Å². The summed E-state index contributed by atoms with van der Waals surface area (Å²) >= 11 is 0. The van der Waals surface area contributed by atoms with E-state index in [1.165, 1.54) is 18.4 Å². The summed E-state index contributed by atoms with van der Waals surface area (Å²) in [5.41, 5.74) is 1.39. The average Bonchev–Trinajstić information content (AvgIpc) is 2.37. The molecule has 0 saturated heterocycles. The molecule has 0 aromatic carbocycles. The largest absolute Gasteiger partial charge is 0.410 e. The Morgan fingerprint density at radius 2 is 2.31 bits per heavy atom. The first-order valence-electron chi connectivity index (χ1n) is 4.93. The lowest BCUT2D eigenvalue weighted by Gasteiger charge is -2.16. The number of hydrogen-bond acceptors (Lipinski definition) is 2. The predicted octanol–water partition coefficient (Wildman–Crippen LogP) is 2.88. The van der Waals surface area contributed by atoms with E-state index in [1.807, 2.05) is 25.1 Å². The van der Waals surface area contributed by atoms with Crippen molar-refractivity contribution in [1.29, 1.82) is 0 Å². The van der Waals surface area contributed by atoms with E-state index in [2.05, 4.69) is 13.5 Å². The van der Waals surface area contributed by atoms with Crippen molar-refractivity contribution in [3.05, 3.63) is 24.0 Å². The van der Waals surface area contributed by atoms with Crippen LogP contribution in [0, 0.1) is 0 Å². The fourth-order valence-electron chi connectivity index (χ4n) is 1.74. The molecule has 1 unspecified atom stereocenters. The SMILES string of the molecule is C=CC1C(CCCC)=C(C)ON1C.